The SMILES string of the molecule is CNC(CSCCN(C)C(C)=O)C(C)=O. The van der Waals surface area contributed by atoms with E-state index in [9.17, 15) is 9.59 Å². The van der Waals surface area contributed by atoms with Crippen LogP contribution in [0, 0.1) is 0 Å². The fourth-order valence-corrected chi connectivity index (χ4v) is 2.17. The second kappa shape index (κ2) is 7.70. The minimum absolute atomic E-state index is 0.0716. The molecule has 0 aromatic heterocycles. The number of Topliss-reactive ketones (excluding diaryl/α,β-unsaturated/α-hetero) is 1. The zero-order valence-corrected chi connectivity index (χ0v) is 10.7. The Morgan fingerprint density at radius 3 is 2.40 bits per heavy atom. The summed E-state index contributed by atoms with van der Waals surface area (Å²) < 4.78 is 0. The summed E-state index contributed by atoms with van der Waals surface area (Å²) in [4.78, 5) is 23.6. The first-order valence-corrected chi connectivity index (χ1v) is 6.11. The van der Waals surface area contributed by atoms with Gasteiger partial charge in [0.15, 0.2) is 0 Å². The molecule has 0 aliphatic heterocycles. The highest BCUT2D eigenvalue weighted by Crippen LogP contribution is 2.04. The van der Waals surface area contributed by atoms with Gasteiger partial charge >= 0.3 is 0 Å². The smallest absolute Gasteiger partial charge is 0.219 e. The first-order chi connectivity index (χ1) is 6.99. The van der Waals surface area contributed by atoms with E-state index in [1.54, 1.807) is 44.6 Å². The number of nitrogens with zero attached hydrogens (tertiary/aromatic N) is 1. The molecule has 0 saturated heterocycles. The maximum Gasteiger partial charge on any atom is 0.219 e. The summed E-state index contributed by atoms with van der Waals surface area (Å²) in [7, 11) is 3.57. The number of rotatable bonds is 7. The number of likely N-dealkylation sites (N-methyl/N-ethyl adjacent to an activating group) is 1. The van der Waals surface area contributed by atoms with Gasteiger partial charge in [-0.3, -0.25) is 9.59 Å². The molecule has 0 radical (unpaired) electrons. The molecular formula is C10H20N2O2S. The number of amides is 1. The number of ketones is 1. The Kier molecular flexibility index (Phi) is 7.42. The monoisotopic (exact) mass is 232 g/mol. The quantitative estimate of drug-likeness (QED) is 0.645. The van der Waals surface area contributed by atoms with Crippen molar-refractivity contribution in [2.75, 3.05) is 32.1 Å². The molecule has 4 nitrogen and oxygen atoms in total. The third-order valence-electron chi connectivity index (χ3n) is 2.23. The van der Waals surface area contributed by atoms with Gasteiger partial charge in [-0.15, -0.1) is 0 Å². The molecule has 5 heteroatoms. The van der Waals surface area contributed by atoms with Crippen LogP contribution in [-0.4, -0.2) is 54.8 Å². The number of hydrogen-bond acceptors (Lipinski definition) is 4. The van der Waals surface area contributed by atoms with E-state index in [1.807, 2.05) is 0 Å². The molecule has 1 amide bonds. The molecule has 1 atom stereocenters. The molecule has 0 heterocycles. The van der Waals surface area contributed by atoms with Gasteiger partial charge < -0.3 is 10.2 Å². The van der Waals surface area contributed by atoms with Crippen LogP contribution < -0.4 is 5.32 Å². The van der Waals surface area contributed by atoms with Gasteiger partial charge in [-0.05, 0) is 14.0 Å². The lowest BCUT2D eigenvalue weighted by Gasteiger charge is -2.16. The largest absolute Gasteiger partial charge is 0.345 e. The van der Waals surface area contributed by atoms with Gasteiger partial charge in [-0.2, -0.15) is 11.8 Å². The Hall–Kier alpha value is -0.550. The van der Waals surface area contributed by atoms with Crippen LogP contribution in [0.4, 0.5) is 0 Å². The van der Waals surface area contributed by atoms with Crippen molar-refractivity contribution >= 4 is 23.5 Å². The topological polar surface area (TPSA) is 49.4 Å². The van der Waals surface area contributed by atoms with Crippen LogP contribution in [0.5, 0.6) is 0 Å². The standard InChI is InChI=1S/C10H20N2O2S/c1-8(13)10(11-3)7-15-6-5-12(4)9(2)14/h10-11H,5-7H2,1-4H3. The van der Waals surface area contributed by atoms with Gasteiger partial charge in [0, 0.05) is 32.0 Å². The van der Waals surface area contributed by atoms with Crippen molar-refractivity contribution in [1.29, 1.82) is 0 Å². The molecule has 1 unspecified atom stereocenters. The normalized spacial score (nSPS) is 12.3. The molecule has 0 bridgehead atoms. The summed E-state index contributed by atoms with van der Waals surface area (Å²) in [6.45, 7) is 3.87. The third-order valence-corrected chi connectivity index (χ3v) is 3.27. The molecule has 1 N–H and O–H groups in total. The fraction of sp³-hybridized carbons (Fsp3) is 0.800. The number of hydrogen-bond donors (Lipinski definition) is 1. The third kappa shape index (κ3) is 6.52. The van der Waals surface area contributed by atoms with Crippen LogP contribution in [0.2, 0.25) is 0 Å². The van der Waals surface area contributed by atoms with Gasteiger partial charge in [0.1, 0.15) is 5.78 Å². The van der Waals surface area contributed by atoms with Crippen molar-refractivity contribution in [3.63, 3.8) is 0 Å². The van der Waals surface area contributed by atoms with E-state index in [0.29, 0.717) is 0 Å². The van der Waals surface area contributed by atoms with Crippen LogP contribution in [0.3, 0.4) is 0 Å². The molecule has 0 rings (SSSR count). The second-order valence-corrected chi connectivity index (χ2v) is 4.62. The Balaban J connectivity index is 3.61. The highest BCUT2D eigenvalue weighted by molar-refractivity contribution is 7.99. The van der Waals surface area contributed by atoms with Crippen LogP contribution in [0.1, 0.15) is 13.8 Å². The predicted octanol–water partition coefficient (Wildman–Crippen LogP) is 0.375. The summed E-state index contributed by atoms with van der Waals surface area (Å²) in [6, 6.07) is -0.0716. The summed E-state index contributed by atoms with van der Waals surface area (Å²) >= 11 is 1.68. The van der Waals surface area contributed by atoms with Crippen molar-refractivity contribution < 1.29 is 9.59 Å². The van der Waals surface area contributed by atoms with E-state index in [4.69, 9.17) is 0 Å². The first kappa shape index (κ1) is 14.5. The zero-order chi connectivity index (χ0) is 11.8. The minimum Gasteiger partial charge on any atom is -0.345 e. The van der Waals surface area contributed by atoms with Crippen LogP contribution in [0.25, 0.3) is 0 Å². The highest BCUT2D eigenvalue weighted by atomic mass is 32.2. The molecule has 0 aromatic carbocycles. The lowest BCUT2D eigenvalue weighted by molar-refractivity contribution is -0.127. The fourth-order valence-electron chi connectivity index (χ4n) is 0.964. The van der Waals surface area contributed by atoms with Gasteiger partial charge in [0.2, 0.25) is 5.91 Å². The average Bonchev–Trinajstić information content (AvgIpc) is 2.16. The van der Waals surface area contributed by atoms with E-state index in [2.05, 4.69) is 5.32 Å². The number of carbonyl (C=O) groups excluding carboxylic acids is 2. The number of nitrogens with one attached hydrogen (secondary N) is 1. The van der Waals surface area contributed by atoms with E-state index in [-0.39, 0.29) is 17.7 Å². The number of thioether (sulfide) groups is 1. The summed E-state index contributed by atoms with van der Waals surface area (Å²) in [5.41, 5.74) is 0. The maximum atomic E-state index is 11.1. The molecule has 0 fully saturated rings. The lowest BCUT2D eigenvalue weighted by Crippen LogP contribution is -2.35. The van der Waals surface area contributed by atoms with Crippen molar-refractivity contribution in [3.8, 4) is 0 Å². The van der Waals surface area contributed by atoms with Gasteiger partial charge in [0.25, 0.3) is 0 Å². The van der Waals surface area contributed by atoms with E-state index in [0.717, 1.165) is 18.1 Å². The first-order valence-electron chi connectivity index (χ1n) is 4.96. The molecule has 0 spiro atoms. The zero-order valence-electron chi connectivity index (χ0n) is 9.87. The minimum atomic E-state index is -0.0716. The predicted molar refractivity (Wildman–Crippen MR) is 64.2 cm³/mol. The van der Waals surface area contributed by atoms with Crippen molar-refractivity contribution in [2.45, 2.75) is 19.9 Å². The average molecular weight is 232 g/mol. The number of carbonyl (C=O) groups is 2. The Morgan fingerprint density at radius 1 is 1.40 bits per heavy atom. The van der Waals surface area contributed by atoms with Crippen molar-refractivity contribution in [3.05, 3.63) is 0 Å². The Bertz CT molecular complexity index is 221. The molecule has 0 aliphatic carbocycles. The van der Waals surface area contributed by atoms with E-state index >= 15 is 0 Å². The second-order valence-electron chi connectivity index (χ2n) is 3.47. The summed E-state index contributed by atoms with van der Waals surface area (Å²) in [6.07, 6.45) is 0. The van der Waals surface area contributed by atoms with Crippen LogP contribution in [0.15, 0.2) is 0 Å². The maximum absolute atomic E-state index is 11.1. The van der Waals surface area contributed by atoms with Gasteiger partial charge in [-0.25, -0.2) is 0 Å². The molecular weight excluding hydrogens is 212 g/mol. The Morgan fingerprint density at radius 2 is 2.00 bits per heavy atom. The highest BCUT2D eigenvalue weighted by Gasteiger charge is 2.11. The van der Waals surface area contributed by atoms with Crippen molar-refractivity contribution in [1.82, 2.24) is 10.2 Å². The van der Waals surface area contributed by atoms with Crippen LogP contribution in [-0.2, 0) is 9.59 Å². The molecule has 15 heavy (non-hydrogen) atoms. The summed E-state index contributed by atoms with van der Waals surface area (Å²) in [5.74, 6) is 1.86. The molecule has 88 valence electrons. The van der Waals surface area contributed by atoms with E-state index in [1.165, 1.54) is 0 Å². The molecule has 0 saturated carbocycles. The van der Waals surface area contributed by atoms with Crippen molar-refractivity contribution in [2.24, 2.45) is 0 Å². The molecule has 0 aromatic rings. The molecule has 0 aliphatic rings. The van der Waals surface area contributed by atoms with Gasteiger partial charge in [0.05, 0.1) is 6.04 Å². The van der Waals surface area contributed by atoms with E-state index < -0.39 is 0 Å². The summed E-state index contributed by atoms with van der Waals surface area (Å²) in [5, 5.41) is 2.96. The Labute approximate surface area is 95.8 Å². The van der Waals surface area contributed by atoms with Gasteiger partial charge in [-0.1, -0.05) is 0 Å². The lowest BCUT2D eigenvalue weighted by atomic mass is 10.2. The van der Waals surface area contributed by atoms with Crippen LogP contribution >= 0.6 is 11.8 Å².